The highest BCUT2D eigenvalue weighted by Crippen LogP contribution is 2.13. The van der Waals surface area contributed by atoms with Gasteiger partial charge in [-0.15, -0.1) is 11.3 Å². The average Bonchev–Trinajstić information content (AvgIpc) is 3.26. The molecule has 0 spiro atoms. The van der Waals surface area contributed by atoms with Gasteiger partial charge in [0, 0.05) is 37.2 Å². The Bertz CT molecular complexity index is 487. The van der Waals surface area contributed by atoms with Gasteiger partial charge in [-0.3, -0.25) is 4.99 Å². The summed E-state index contributed by atoms with van der Waals surface area (Å²) < 4.78 is 11.2. The molecule has 1 fully saturated rings. The van der Waals surface area contributed by atoms with E-state index in [9.17, 15) is 0 Å². The van der Waals surface area contributed by atoms with Crippen LogP contribution in [0.5, 0.6) is 0 Å². The Morgan fingerprint density at radius 3 is 3.08 bits per heavy atom. The Morgan fingerprint density at radius 2 is 2.38 bits per heavy atom. The summed E-state index contributed by atoms with van der Waals surface area (Å²) in [7, 11) is 0. The van der Waals surface area contributed by atoms with E-state index >= 15 is 0 Å². The van der Waals surface area contributed by atoms with Crippen molar-refractivity contribution in [2.75, 3.05) is 39.5 Å². The molecule has 0 bridgehead atoms. The van der Waals surface area contributed by atoms with Crippen molar-refractivity contribution in [3.8, 4) is 0 Å². The standard InChI is InChI=1S/C17H30N4O2S/c1-3-15-12-21-16(24-15)7-8-19-17(18-4-2)20-9-11-22-13-14-6-5-10-23-14/h12,14H,3-11,13H2,1-2H3,(H2,18,19,20). The second kappa shape index (κ2) is 11.4. The monoisotopic (exact) mass is 354 g/mol. The topological polar surface area (TPSA) is 67.8 Å². The molecule has 0 aliphatic carbocycles. The molecule has 0 radical (unpaired) electrons. The lowest BCUT2D eigenvalue weighted by atomic mass is 10.2. The van der Waals surface area contributed by atoms with Crippen LogP contribution in [0.15, 0.2) is 11.2 Å². The van der Waals surface area contributed by atoms with Crippen molar-refractivity contribution in [2.24, 2.45) is 4.99 Å². The quantitative estimate of drug-likeness (QED) is 0.382. The van der Waals surface area contributed by atoms with Crippen molar-refractivity contribution in [1.82, 2.24) is 15.6 Å². The first-order valence-corrected chi connectivity index (χ1v) is 9.78. The molecule has 1 aromatic heterocycles. The molecule has 2 heterocycles. The van der Waals surface area contributed by atoms with Gasteiger partial charge in [-0.2, -0.15) is 0 Å². The predicted octanol–water partition coefficient (Wildman–Crippen LogP) is 2.00. The van der Waals surface area contributed by atoms with Crippen LogP contribution >= 0.6 is 11.3 Å². The van der Waals surface area contributed by atoms with E-state index in [2.05, 4.69) is 34.5 Å². The highest BCUT2D eigenvalue weighted by molar-refractivity contribution is 7.11. The van der Waals surface area contributed by atoms with Crippen LogP contribution < -0.4 is 10.6 Å². The normalized spacial score (nSPS) is 18.1. The maximum Gasteiger partial charge on any atom is 0.191 e. The Kier molecular flexibility index (Phi) is 9.09. The molecule has 1 atom stereocenters. The number of hydrogen-bond acceptors (Lipinski definition) is 5. The largest absolute Gasteiger partial charge is 0.377 e. The number of aliphatic imine (C=N–C) groups is 1. The van der Waals surface area contributed by atoms with Crippen molar-refractivity contribution < 1.29 is 9.47 Å². The minimum Gasteiger partial charge on any atom is -0.377 e. The van der Waals surface area contributed by atoms with Gasteiger partial charge in [0.05, 0.1) is 30.9 Å². The molecule has 136 valence electrons. The Balaban J connectivity index is 1.62. The fourth-order valence-corrected chi connectivity index (χ4v) is 3.33. The van der Waals surface area contributed by atoms with Crippen LogP contribution in [0.3, 0.4) is 0 Å². The van der Waals surface area contributed by atoms with Gasteiger partial charge in [0.2, 0.25) is 0 Å². The number of guanidine groups is 1. The van der Waals surface area contributed by atoms with E-state index in [1.807, 2.05) is 6.20 Å². The van der Waals surface area contributed by atoms with E-state index in [0.29, 0.717) is 19.8 Å². The summed E-state index contributed by atoms with van der Waals surface area (Å²) in [4.78, 5) is 10.3. The molecule has 1 unspecified atom stereocenters. The van der Waals surface area contributed by atoms with Crippen molar-refractivity contribution in [3.63, 3.8) is 0 Å². The van der Waals surface area contributed by atoms with E-state index < -0.39 is 0 Å². The fraction of sp³-hybridized carbons (Fsp3) is 0.765. The number of nitrogens with one attached hydrogen (secondary N) is 2. The summed E-state index contributed by atoms with van der Waals surface area (Å²) in [5.74, 6) is 0.838. The van der Waals surface area contributed by atoms with Gasteiger partial charge >= 0.3 is 0 Å². The third-order valence-corrected chi connectivity index (χ3v) is 4.96. The molecule has 0 saturated carbocycles. The van der Waals surface area contributed by atoms with Crippen LogP contribution in [0.25, 0.3) is 0 Å². The molecule has 1 aliphatic heterocycles. The number of hydrogen-bond donors (Lipinski definition) is 2. The first kappa shape index (κ1) is 19.1. The van der Waals surface area contributed by atoms with E-state index in [0.717, 1.165) is 51.3 Å². The minimum absolute atomic E-state index is 0.284. The Morgan fingerprint density at radius 1 is 1.46 bits per heavy atom. The second-order valence-corrected chi connectivity index (χ2v) is 6.92. The van der Waals surface area contributed by atoms with Gasteiger partial charge < -0.3 is 20.1 Å². The van der Waals surface area contributed by atoms with E-state index in [-0.39, 0.29) is 6.10 Å². The summed E-state index contributed by atoms with van der Waals surface area (Å²) in [5, 5.41) is 7.79. The van der Waals surface area contributed by atoms with Crippen LogP contribution in [0.4, 0.5) is 0 Å². The summed E-state index contributed by atoms with van der Waals surface area (Å²) in [6, 6.07) is 0. The van der Waals surface area contributed by atoms with E-state index in [1.54, 1.807) is 11.3 Å². The summed E-state index contributed by atoms with van der Waals surface area (Å²) in [6.45, 7) is 8.75. The number of nitrogens with zero attached hydrogens (tertiary/aromatic N) is 2. The van der Waals surface area contributed by atoms with Crippen molar-refractivity contribution in [1.29, 1.82) is 0 Å². The second-order valence-electron chi connectivity index (χ2n) is 5.72. The first-order valence-electron chi connectivity index (χ1n) is 8.97. The van der Waals surface area contributed by atoms with Gasteiger partial charge in [-0.1, -0.05) is 6.92 Å². The zero-order valence-electron chi connectivity index (χ0n) is 14.8. The van der Waals surface area contributed by atoms with Gasteiger partial charge in [-0.25, -0.2) is 4.98 Å². The van der Waals surface area contributed by atoms with Crippen LogP contribution in [-0.4, -0.2) is 56.5 Å². The number of ether oxygens (including phenoxy) is 2. The molecule has 7 heteroatoms. The van der Waals surface area contributed by atoms with Crippen molar-refractivity contribution >= 4 is 17.3 Å². The summed E-state index contributed by atoms with van der Waals surface area (Å²) in [6.07, 6.45) is 6.51. The first-order chi connectivity index (χ1) is 11.8. The van der Waals surface area contributed by atoms with Crippen molar-refractivity contribution in [2.45, 2.75) is 45.6 Å². The minimum atomic E-state index is 0.284. The number of aryl methyl sites for hydroxylation is 1. The zero-order chi connectivity index (χ0) is 17.0. The lowest BCUT2D eigenvalue weighted by Crippen LogP contribution is -2.38. The SMILES string of the molecule is CCNC(=NCCOCC1CCCO1)NCCc1ncc(CC)s1. The third-order valence-electron chi connectivity index (χ3n) is 3.76. The third kappa shape index (κ3) is 7.15. The van der Waals surface area contributed by atoms with Gasteiger partial charge in [0.25, 0.3) is 0 Å². The van der Waals surface area contributed by atoms with E-state index in [4.69, 9.17) is 9.47 Å². The molecule has 0 aromatic carbocycles. The molecule has 0 amide bonds. The zero-order valence-corrected chi connectivity index (χ0v) is 15.7. The predicted molar refractivity (Wildman–Crippen MR) is 99.0 cm³/mol. The summed E-state index contributed by atoms with van der Waals surface area (Å²) in [5.41, 5.74) is 0. The lowest BCUT2D eigenvalue weighted by molar-refractivity contribution is 0.0200. The lowest BCUT2D eigenvalue weighted by Gasteiger charge is -2.11. The Hall–Kier alpha value is -1.18. The fourth-order valence-electron chi connectivity index (χ4n) is 2.47. The van der Waals surface area contributed by atoms with Gasteiger partial charge in [0.15, 0.2) is 5.96 Å². The maximum absolute atomic E-state index is 5.64. The average molecular weight is 355 g/mol. The molecule has 6 nitrogen and oxygen atoms in total. The van der Waals surface area contributed by atoms with Crippen LogP contribution in [0.2, 0.25) is 0 Å². The number of rotatable bonds is 10. The van der Waals surface area contributed by atoms with Crippen molar-refractivity contribution in [3.05, 3.63) is 16.1 Å². The smallest absolute Gasteiger partial charge is 0.191 e. The number of thiazole rings is 1. The van der Waals surface area contributed by atoms with Crippen LogP contribution in [-0.2, 0) is 22.3 Å². The molecule has 1 saturated heterocycles. The molecule has 2 N–H and O–H groups in total. The number of aromatic nitrogens is 1. The van der Waals surface area contributed by atoms with Gasteiger partial charge in [-0.05, 0) is 26.2 Å². The molecule has 1 aliphatic rings. The van der Waals surface area contributed by atoms with Crippen LogP contribution in [0, 0.1) is 0 Å². The molecular formula is C17H30N4O2S. The molecule has 1 aromatic rings. The van der Waals surface area contributed by atoms with E-state index in [1.165, 1.54) is 9.88 Å². The summed E-state index contributed by atoms with van der Waals surface area (Å²) >= 11 is 1.79. The Labute approximate surface area is 149 Å². The van der Waals surface area contributed by atoms with Crippen LogP contribution in [0.1, 0.15) is 36.6 Å². The molecule has 2 rings (SSSR count). The highest BCUT2D eigenvalue weighted by atomic mass is 32.1. The van der Waals surface area contributed by atoms with Gasteiger partial charge in [0.1, 0.15) is 0 Å². The maximum atomic E-state index is 5.64. The molecule has 24 heavy (non-hydrogen) atoms. The highest BCUT2D eigenvalue weighted by Gasteiger charge is 2.14. The molecular weight excluding hydrogens is 324 g/mol.